The Hall–Kier alpha value is -3.28. The van der Waals surface area contributed by atoms with E-state index in [-0.39, 0.29) is 22.3 Å². The third kappa shape index (κ3) is 2.04. The molecule has 6 heteroatoms. The molecule has 6 nitrogen and oxygen atoms in total. The quantitative estimate of drug-likeness (QED) is 0.687. The fraction of sp³-hybridized carbons (Fsp3) is 0.111. The zero-order chi connectivity index (χ0) is 17.5. The minimum Gasteiger partial charge on any atom is -0.479 e. The van der Waals surface area contributed by atoms with Crippen LogP contribution >= 0.6 is 0 Å². The van der Waals surface area contributed by atoms with Gasteiger partial charge in [0.2, 0.25) is 0 Å². The van der Waals surface area contributed by atoms with E-state index in [0.717, 1.165) is 4.90 Å². The Bertz CT molecular complexity index is 853. The largest absolute Gasteiger partial charge is 0.479 e. The molecule has 0 aromatic heterocycles. The summed E-state index contributed by atoms with van der Waals surface area (Å²) in [7, 11) is 0. The lowest BCUT2D eigenvalue weighted by Crippen LogP contribution is -2.52. The second kappa shape index (κ2) is 5.42. The first-order chi connectivity index (χ1) is 11.4. The monoisotopic (exact) mass is 323 g/mol. The first-order valence-corrected chi connectivity index (χ1v) is 7.18. The Kier molecular flexibility index (Phi) is 3.52. The molecule has 2 amide bonds. The number of carboxylic acid groups (broad SMARTS) is 1. The van der Waals surface area contributed by atoms with Crippen molar-refractivity contribution in [2.75, 3.05) is 0 Å². The molecule has 120 valence electrons. The molecule has 2 aromatic carbocycles. The summed E-state index contributed by atoms with van der Waals surface area (Å²) in [6.07, 6.45) is 0.578. The van der Waals surface area contributed by atoms with Crippen molar-refractivity contribution in [1.82, 2.24) is 4.90 Å². The molecule has 24 heavy (non-hydrogen) atoms. The number of rotatable bonds is 4. The minimum atomic E-state index is -1.92. The highest BCUT2D eigenvalue weighted by atomic mass is 16.4. The van der Waals surface area contributed by atoms with E-state index in [1.807, 2.05) is 0 Å². The Morgan fingerprint density at radius 2 is 1.62 bits per heavy atom. The number of hydrogen-bond donors (Lipinski definition) is 1. The zero-order valence-electron chi connectivity index (χ0n) is 12.7. The Balaban J connectivity index is 2.19. The molecule has 0 saturated heterocycles. The standard InChI is InChI=1S/C18H13NO5/c1-18(17(23)24,12-6-4-5-11(9-12)10-20)19-15(21)13-7-2-3-8-14(13)16(19)22/h2-10H,1H3,(H,23,24). The SMILES string of the molecule is CC(C(=O)O)(c1cccc(C=O)c1)N1C(=O)c2ccccc2C1=O. The van der Waals surface area contributed by atoms with Crippen molar-refractivity contribution in [3.05, 3.63) is 70.8 Å². The highest BCUT2D eigenvalue weighted by Gasteiger charge is 2.52. The van der Waals surface area contributed by atoms with Crippen molar-refractivity contribution in [3.8, 4) is 0 Å². The second-order valence-electron chi connectivity index (χ2n) is 5.61. The first kappa shape index (κ1) is 15.6. The van der Waals surface area contributed by atoms with Gasteiger partial charge in [-0.1, -0.05) is 30.3 Å². The van der Waals surface area contributed by atoms with E-state index in [0.29, 0.717) is 6.29 Å². The van der Waals surface area contributed by atoms with Crippen LogP contribution in [0, 0.1) is 0 Å². The predicted molar refractivity (Wildman–Crippen MR) is 83.8 cm³/mol. The highest BCUT2D eigenvalue weighted by molar-refractivity contribution is 6.23. The average Bonchev–Trinajstić information content (AvgIpc) is 2.86. The number of carboxylic acids is 1. The third-order valence-corrected chi connectivity index (χ3v) is 4.24. The Morgan fingerprint density at radius 3 is 2.12 bits per heavy atom. The van der Waals surface area contributed by atoms with Crippen LogP contribution in [0.15, 0.2) is 48.5 Å². The molecule has 0 bridgehead atoms. The normalized spacial score (nSPS) is 15.8. The fourth-order valence-electron chi connectivity index (χ4n) is 2.86. The maximum absolute atomic E-state index is 12.7. The molecule has 0 fully saturated rings. The smallest absolute Gasteiger partial charge is 0.334 e. The predicted octanol–water partition coefficient (Wildman–Crippen LogP) is 2.10. The van der Waals surface area contributed by atoms with Gasteiger partial charge in [0.1, 0.15) is 6.29 Å². The van der Waals surface area contributed by atoms with Crippen LogP contribution in [0.25, 0.3) is 0 Å². The highest BCUT2D eigenvalue weighted by Crippen LogP contribution is 2.36. The van der Waals surface area contributed by atoms with Crippen LogP contribution in [0.2, 0.25) is 0 Å². The number of aldehydes is 1. The number of aliphatic carboxylic acids is 1. The van der Waals surface area contributed by atoms with Gasteiger partial charge >= 0.3 is 5.97 Å². The molecule has 1 aliphatic rings. The van der Waals surface area contributed by atoms with Gasteiger partial charge in [-0.2, -0.15) is 0 Å². The van der Waals surface area contributed by atoms with E-state index in [9.17, 15) is 24.3 Å². The van der Waals surface area contributed by atoms with Crippen LogP contribution in [-0.2, 0) is 10.3 Å². The number of carbonyl (C=O) groups excluding carboxylic acids is 3. The summed E-state index contributed by atoms with van der Waals surface area (Å²) in [6.45, 7) is 1.28. The van der Waals surface area contributed by atoms with Crippen molar-refractivity contribution in [2.45, 2.75) is 12.5 Å². The van der Waals surface area contributed by atoms with E-state index in [4.69, 9.17) is 0 Å². The molecule has 1 N–H and O–H groups in total. The van der Waals surface area contributed by atoms with Gasteiger partial charge in [0.25, 0.3) is 11.8 Å². The van der Waals surface area contributed by atoms with Crippen molar-refractivity contribution in [3.63, 3.8) is 0 Å². The molecule has 0 radical (unpaired) electrons. The van der Waals surface area contributed by atoms with Gasteiger partial charge in [0.05, 0.1) is 11.1 Å². The van der Waals surface area contributed by atoms with Crippen LogP contribution in [0.5, 0.6) is 0 Å². The van der Waals surface area contributed by atoms with Gasteiger partial charge in [-0.3, -0.25) is 19.3 Å². The lowest BCUT2D eigenvalue weighted by atomic mass is 9.89. The zero-order valence-corrected chi connectivity index (χ0v) is 12.7. The summed E-state index contributed by atoms with van der Waals surface area (Å²) >= 11 is 0. The van der Waals surface area contributed by atoms with Crippen LogP contribution in [0.3, 0.4) is 0 Å². The van der Waals surface area contributed by atoms with Crippen LogP contribution < -0.4 is 0 Å². The molecule has 1 aliphatic heterocycles. The summed E-state index contributed by atoms with van der Waals surface area (Å²) in [5, 5.41) is 9.79. The number of nitrogens with zero attached hydrogens (tertiary/aromatic N) is 1. The maximum Gasteiger partial charge on any atom is 0.334 e. The summed E-state index contributed by atoms with van der Waals surface area (Å²) < 4.78 is 0. The first-order valence-electron chi connectivity index (χ1n) is 7.18. The summed E-state index contributed by atoms with van der Waals surface area (Å²) in [4.78, 5) is 49.1. The van der Waals surface area contributed by atoms with Gasteiger partial charge in [-0.25, -0.2) is 4.79 Å². The molecule has 1 atom stereocenters. The van der Waals surface area contributed by atoms with Gasteiger partial charge in [-0.05, 0) is 30.7 Å². The molecule has 3 rings (SSSR count). The lowest BCUT2D eigenvalue weighted by molar-refractivity contribution is -0.148. The molecule has 1 unspecified atom stereocenters. The van der Waals surface area contributed by atoms with E-state index >= 15 is 0 Å². The number of hydrogen-bond acceptors (Lipinski definition) is 4. The maximum atomic E-state index is 12.7. The molecule has 0 saturated carbocycles. The molecular formula is C18H13NO5. The number of carbonyl (C=O) groups is 4. The van der Waals surface area contributed by atoms with Gasteiger partial charge < -0.3 is 5.11 Å². The van der Waals surface area contributed by atoms with E-state index < -0.39 is 23.3 Å². The Morgan fingerprint density at radius 1 is 1.04 bits per heavy atom. The summed E-state index contributed by atoms with van der Waals surface area (Å²) in [5.41, 5.74) is -1.15. The van der Waals surface area contributed by atoms with E-state index in [1.54, 1.807) is 12.1 Å². The lowest BCUT2D eigenvalue weighted by Gasteiger charge is -2.33. The fourth-order valence-corrected chi connectivity index (χ4v) is 2.86. The number of fused-ring (bicyclic) bond motifs is 1. The summed E-state index contributed by atoms with van der Waals surface area (Å²) in [6, 6.07) is 12.1. The van der Waals surface area contributed by atoms with Crippen molar-refractivity contribution in [1.29, 1.82) is 0 Å². The molecular weight excluding hydrogens is 310 g/mol. The molecule has 0 aliphatic carbocycles. The van der Waals surface area contributed by atoms with Crippen LogP contribution in [0.1, 0.15) is 43.6 Å². The van der Waals surface area contributed by atoms with E-state index in [1.165, 1.54) is 43.3 Å². The van der Waals surface area contributed by atoms with Crippen LogP contribution in [-0.4, -0.2) is 34.1 Å². The average molecular weight is 323 g/mol. The van der Waals surface area contributed by atoms with Crippen molar-refractivity contribution < 1.29 is 24.3 Å². The third-order valence-electron chi connectivity index (χ3n) is 4.24. The van der Waals surface area contributed by atoms with Crippen molar-refractivity contribution >= 4 is 24.1 Å². The van der Waals surface area contributed by atoms with Crippen molar-refractivity contribution in [2.24, 2.45) is 0 Å². The second-order valence-corrected chi connectivity index (χ2v) is 5.61. The minimum absolute atomic E-state index is 0.168. The van der Waals surface area contributed by atoms with Gasteiger partial charge in [0.15, 0.2) is 5.54 Å². The number of amides is 2. The van der Waals surface area contributed by atoms with Gasteiger partial charge in [0, 0.05) is 5.56 Å². The summed E-state index contributed by atoms with van der Waals surface area (Å²) in [5.74, 6) is -2.70. The molecule has 2 aromatic rings. The topological polar surface area (TPSA) is 91.8 Å². The Labute approximate surface area is 137 Å². The molecule has 0 spiro atoms. The van der Waals surface area contributed by atoms with E-state index in [2.05, 4.69) is 0 Å². The number of imide groups is 1. The van der Waals surface area contributed by atoms with Crippen LogP contribution in [0.4, 0.5) is 0 Å². The number of benzene rings is 2. The van der Waals surface area contributed by atoms with Gasteiger partial charge in [-0.15, -0.1) is 0 Å². The molecule has 1 heterocycles.